The van der Waals surface area contributed by atoms with Crippen LogP contribution in [0.15, 0.2) is 36.7 Å². The lowest BCUT2D eigenvalue weighted by Crippen LogP contribution is -2.14. The van der Waals surface area contributed by atoms with E-state index in [-0.39, 0.29) is 11.7 Å². The van der Waals surface area contributed by atoms with Gasteiger partial charge < -0.3 is 10.1 Å². The largest absolute Gasteiger partial charge is 0.494 e. The van der Waals surface area contributed by atoms with Gasteiger partial charge in [0.1, 0.15) is 5.75 Å². The number of aryl methyl sites for hydroxylation is 2. The van der Waals surface area contributed by atoms with E-state index in [0.29, 0.717) is 30.8 Å². The molecule has 1 heterocycles. The molecule has 126 valence electrons. The Morgan fingerprint density at radius 1 is 1.08 bits per heavy atom. The molecular weight excluding hydrogens is 304 g/mol. The van der Waals surface area contributed by atoms with E-state index >= 15 is 0 Å². The standard InChI is InChI=1S/C19H22N2O3/c1-13-11-20-12-14(2)19(13)21-18(23)5-4-10-24-17-8-6-16(7-9-17)15(3)22/h6-9,11-12H,4-5,10H2,1-3H3,(H,20,21,23). The van der Waals surface area contributed by atoms with Crippen molar-refractivity contribution in [2.24, 2.45) is 0 Å². The molecule has 0 unspecified atom stereocenters. The van der Waals surface area contributed by atoms with Crippen LogP contribution in [0.25, 0.3) is 0 Å². The summed E-state index contributed by atoms with van der Waals surface area (Å²) in [5, 5.41) is 2.93. The second-order valence-electron chi connectivity index (χ2n) is 5.73. The molecular formula is C19H22N2O3. The quantitative estimate of drug-likeness (QED) is 0.622. The van der Waals surface area contributed by atoms with E-state index in [1.54, 1.807) is 36.7 Å². The van der Waals surface area contributed by atoms with Crippen LogP contribution in [0, 0.1) is 13.8 Å². The molecule has 1 aromatic heterocycles. The Hall–Kier alpha value is -2.69. The molecule has 0 radical (unpaired) electrons. The zero-order valence-corrected chi connectivity index (χ0v) is 14.3. The van der Waals surface area contributed by atoms with Crippen LogP contribution in [0.3, 0.4) is 0 Å². The van der Waals surface area contributed by atoms with Gasteiger partial charge in [0.2, 0.25) is 5.91 Å². The Bertz CT molecular complexity index is 704. The normalized spacial score (nSPS) is 10.3. The van der Waals surface area contributed by atoms with Crippen molar-refractivity contribution in [3.63, 3.8) is 0 Å². The number of Topliss-reactive ketones (excluding diaryl/α,β-unsaturated/α-hetero) is 1. The van der Waals surface area contributed by atoms with Crippen LogP contribution < -0.4 is 10.1 Å². The maximum absolute atomic E-state index is 12.0. The Balaban J connectivity index is 1.76. The molecule has 5 nitrogen and oxygen atoms in total. The predicted octanol–water partition coefficient (Wildman–Crippen LogP) is 3.70. The van der Waals surface area contributed by atoms with Crippen molar-refractivity contribution in [1.29, 1.82) is 0 Å². The number of anilines is 1. The van der Waals surface area contributed by atoms with Gasteiger partial charge in [-0.1, -0.05) is 0 Å². The Kier molecular flexibility index (Phi) is 6.07. The maximum atomic E-state index is 12.0. The number of carbonyl (C=O) groups excluding carboxylic acids is 2. The number of nitrogens with zero attached hydrogens (tertiary/aromatic N) is 1. The van der Waals surface area contributed by atoms with Gasteiger partial charge in [-0.25, -0.2) is 0 Å². The number of pyridine rings is 1. The monoisotopic (exact) mass is 326 g/mol. The fraction of sp³-hybridized carbons (Fsp3) is 0.316. The second-order valence-corrected chi connectivity index (χ2v) is 5.73. The number of aromatic nitrogens is 1. The highest BCUT2D eigenvalue weighted by atomic mass is 16.5. The first-order valence-corrected chi connectivity index (χ1v) is 7.92. The minimum Gasteiger partial charge on any atom is -0.494 e. The Labute approximate surface area is 142 Å². The molecule has 0 fully saturated rings. The van der Waals surface area contributed by atoms with Gasteiger partial charge in [0.25, 0.3) is 0 Å². The Morgan fingerprint density at radius 2 is 1.71 bits per heavy atom. The van der Waals surface area contributed by atoms with Crippen molar-refractivity contribution in [2.45, 2.75) is 33.6 Å². The third-order valence-corrected chi connectivity index (χ3v) is 3.67. The molecule has 0 atom stereocenters. The van der Waals surface area contributed by atoms with Crippen molar-refractivity contribution in [3.8, 4) is 5.75 Å². The first kappa shape index (κ1) is 17.7. The highest BCUT2D eigenvalue weighted by Crippen LogP contribution is 2.18. The van der Waals surface area contributed by atoms with Gasteiger partial charge >= 0.3 is 0 Å². The minimum atomic E-state index is -0.0390. The molecule has 0 aliphatic rings. The van der Waals surface area contributed by atoms with E-state index in [2.05, 4.69) is 10.3 Å². The van der Waals surface area contributed by atoms with Gasteiger partial charge in [0, 0.05) is 30.1 Å². The number of rotatable bonds is 7. The molecule has 0 saturated carbocycles. The van der Waals surface area contributed by atoms with Crippen LogP contribution in [0.5, 0.6) is 5.75 Å². The van der Waals surface area contributed by atoms with E-state index < -0.39 is 0 Å². The third kappa shape index (κ3) is 4.91. The van der Waals surface area contributed by atoms with Crippen molar-refractivity contribution in [3.05, 3.63) is 53.3 Å². The number of hydrogen-bond donors (Lipinski definition) is 1. The summed E-state index contributed by atoms with van der Waals surface area (Å²) in [6.45, 7) is 5.81. The highest BCUT2D eigenvalue weighted by Gasteiger charge is 2.07. The van der Waals surface area contributed by atoms with Crippen molar-refractivity contribution >= 4 is 17.4 Å². The molecule has 0 bridgehead atoms. The summed E-state index contributed by atoms with van der Waals surface area (Å²) in [6.07, 6.45) is 4.46. The summed E-state index contributed by atoms with van der Waals surface area (Å²) in [5.41, 5.74) is 3.39. The van der Waals surface area contributed by atoms with Gasteiger partial charge in [-0.05, 0) is 62.6 Å². The van der Waals surface area contributed by atoms with Crippen molar-refractivity contribution in [2.75, 3.05) is 11.9 Å². The zero-order chi connectivity index (χ0) is 17.5. The number of nitrogens with one attached hydrogen (secondary N) is 1. The molecule has 2 rings (SSSR count). The molecule has 0 saturated heterocycles. The lowest BCUT2D eigenvalue weighted by atomic mass is 10.1. The summed E-state index contributed by atoms with van der Waals surface area (Å²) in [4.78, 5) is 27.3. The van der Waals surface area contributed by atoms with Crippen LogP contribution in [-0.4, -0.2) is 23.3 Å². The number of ether oxygens (including phenoxy) is 1. The number of ketones is 1. The molecule has 24 heavy (non-hydrogen) atoms. The van der Waals surface area contributed by atoms with E-state index in [1.165, 1.54) is 6.92 Å². The van der Waals surface area contributed by atoms with Gasteiger partial charge in [0.15, 0.2) is 5.78 Å². The molecule has 2 aromatic rings. The number of hydrogen-bond acceptors (Lipinski definition) is 4. The van der Waals surface area contributed by atoms with Crippen LogP contribution in [0.1, 0.15) is 41.3 Å². The van der Waals surface area contributed by atoms with Gasteiger partial charge in [-0.2, -0.15) is 0 Å². The summed E-state index contributed by atoms with van der Waals surface area (Å²) >= 11 is 0. The topological polar surface area (TPSA) is 68.3 Å². The van der Waals surface area contributed by atoms with E-state index in [0.717, 1.165) is 16.8 Å². The third-order valence-electron chi connectivity index (χ3n) is 3.67. The summed E-state index contributed by atoms with van der Waals surface area (Å²) in [7, 11) is 0. The first-order valence-electron chi connectivity index (χ1n) is 7.92. The lowest BCUT2D eigenvalue weighted by molar-refractivity contribution is -0.116. The Morgan fingerprint density at radius 3 is 2.29 bits per heavy atom. The van der Waals surface area contributed by atoms with Gasteiger partial charge in [-0.3, -0.25) is 14.6 Å². The van der Waals surface area contributed by atoms with Crippen LogP contribution in [-0.2, 0) is 4.79 Å². The highest BCUT2D eigenvalue weighted by molar-refractivity contribution is 5.94. The fourth-order valence-electron chi connectivity index (χ4n) is 2.31. The number of amides is 1. The smallest absolute Gasteiger partial charge is 0.224 e. The van der Waals surface area contributed by atoms with E-state index in [4.69, 9.17) is 4.74 Å². The summed E-state index contributed by atoms with van der Waals surface area (Å²) in [6, 6.07) is 7.00. The molecule has 1 N–H and O–H groups in total. The minimum absolute atomic E-state index is 0.0277. The second kappa shape index (κ2) is 8.24. The molecule has 5 heteroatoms. The maximum Gasteiger partial charge on any atom is 0.224 e. The molecule has 0 aliphatic heterocycles. The SMILES string of the molecule is CC(=O)c1ccc(OCCCC(=O)Nc2c(C)cncc2C)cc1. The van der Waals surface area contributed by atoms with Crippen LogP contribution >= 0.6 is 0 Å². The lowest BCUT2D eigenvalue weighted by Gasteiger charge is -2.11. The summed E-state index contributed by atoms with van der Waals surface area (Å²) in [5.74, 6) is 0.684. The molecule has 1 aromatic carbocycles. The number of benzene rings is 1. The summed E-state index contributed by atoms with van der Waals surface area (Å²) < 4.78 is 5.59. The van der Waals surface area contributed by atoms with E-state index in [1.807, 2.05) is 13.8 Å². The van der Waals surface area contributed by atoms with Crippen LogP contribution in [0.4, 0.5) is 5.69 Å². The average molecular weight is 326 g/mol. The van der Waals surface area contributed by atoms with Gasteiger partial charge in [0.05, 0.1) is 6.61 Å². The first-order chi connectivity index (χ1) is 11.5. The van der Waals surface area contributed by atoms with Crippen molar-refractivity contribution in [1.82, 2.24) is 4.98 Å². The molecule has 1 amide bonds. The zero-order valence-electron chi connectivity index (χ0n) is 14.3. The number of carbonyl (C=O) groups is 2. The van der Waals surface area contributed by atoms with Crippen LogP contribution in [0.2, 0.25) is 0 Å². The van der Waals surface area contributed by atoms with Crippen molar-refractivity contribution < 1.29 is 14.3 Å². The molecule has 0 aliphatic carbocycles. The average Bonchev–Trinajstić information content (AvgIpc) is 2.55. The van der Waals surface area contributed by atoms with Gasteiger partial charge in [-0.15, -0.1) is 0 Å². The predicted molar refractivity (Wildman–Crippen MR) is 93.5 cm³/mol. The fourth-order valence-corrected chi connectivity index (χ4v) is 2.31. The van der Waals surface area contributed by atoms with E-state index in [9.17, 15) is 9.59 Å². The molecule has 0 spiro atoms.